The zero-order valence-electron chi connectivity index (χ0n) is 12.1. The topological polar surface area (TPSA) is 76.7 Å². The van der Waals surface area contributed by atoms with E-state index in [1.165, 1.54) is 40.3 Å². The summed E-state index contributed by atoms with van der Waals surface area (Å²) in [7, 11) is 0. The Kier molecular flexibility index (Phi) is 4.14. The van der Waals surface area contributed by atoms with Crippen molar-refractivity contribution < 1.29 is 13.9 Å². The third-order valence-corrected chi connectivity index (χ3v) is 4.61. The Bertz CT molecular complexity index is 781. The van der Waals surface area contributed by atoms with Crippen molar-refractivity contribution in [3.05, 3.63) is 58.6 Å². The third-order valence-electron chi connectivity index (χ3n) is 3.73. The minimum absolute atomic E-state index is 0.0305. The maximum Gasteiger partial charge on any atom is 0.137 e. The maximum atomic E-state index is 14.3. The largest absolute Gasteiger partial charge is 0.382 e. The van der Waals surface area contributed by atoms with Gasteiger partial charge in [-0.1, -0.05) is 13.0 Å². The highest BCUT2D eigenvalue weighted by atomic mass is 32.1. The normalized spacial score (nSPS) is 15.3. The molecule has 2 unspecified atom stereocenters. The molecule has 0 radical (unpaired) electrons. The Morgan fingerprint density at radius 3 is 2.83 bits per heavy atom. The van der Waals surface area contributed by atoms with Gasteiger partial charge in [0, 0.05) is 17.5 Å². The molecule has 0 fully saturated rings. The first kappa shape index (κ1) is 15.6. The standard InChI is InChI=1S/C14H13F2N5OS/c1-9(13-20-18-8-23-13)14(22,5-21-7-17-6-19-21)11-3-2-10(15)4-12(11)16/h2-4,6-9,22H,5H2,1H3. The van der Waals surface area contributed by atoms with Crippen LogP contribution in [0.3, 0.4) is 0 Å². The number of nitrogens with zero attached hydrogens (tertiary/aromatic N) is 5. The molecule has 0 aliphatic carbocycles. The highest BCUT2D eigenvalue weighted by Gasteiger charge is 2.41. The third kappa shape index (κ3) is 2.97. The summed E-state index contributed by atoms with van der Waals surface area (Å²) in [4.78, 5) is 3.82. The Labute approximate surface area is 134 Å². The van der Waals surface area contributed by atoms with E-state index in [1.54, 1.807) is 6.92 Å². The summed E-state index contributed by atoms with van der Waals surface area (Å²) in [5.41, 5.74) is -0.189. The quantitative estimate of drug-likeness (QED) is 0.771. The lowest BCUT2D eigenvalue weighted by molar-refractivity contribution is -0.0114. The number of benzene rings is 1. The van der Waals surface area contributed by atoms with Crippen LogP contribution < -0.4 is 0 Å². The second-order valence-electron chi connectivity index (χ2n) is 5.14. The van der Waals surface area contributed by atoms with E-state index in [0.717, 1.165) is 12.1 Å². The molecule has 9 heteroatoms. The van der Waals surface area contributed by atoms with Gasteiger partial charge in [-0.25, -0.2) is 18.4 Å². The van der Waals surface area contributed by atoms with Crippen molar-refractivity contribution in [1.29, 1.82) is 0 Å². The summed E-state index contributed by atoms with van der Waals surface area (Å²) >= 11 is 1.25. The van der Waals surface area contributed by atoms with Gasteiger partial charge in [0.05, 0.1) is 6.54 Å². The van der Waals surface area contributed by atoms with Crippen molar-refractivity contribution in [3.8, 4) is 0 Å². The van der Waals surface area contributed by atoms with Gasteiger partial charge in [-0.15, -0.1) is 21.5 Å². The van der Waals surface area contributed by atoms with E-state index in [9.17, 15) is 13.9 Å². The van der Waals surface area contributed by atoms with E-state index in [2.05, 4.69) is 20.3 Å². The van der Waals surface area contributed by atoms with Gasteiger partial charge >= 0.3 is 0 Å². The molecule has 120 valence electrons. The summed E-state index contributed by atoms with van der Waals surface area (Å²) in [6.45, 7) is 1.65. The van der Waals surface area contributed by atoms with Crippen LogP contribution in [0.25, 0.3) is 0 Å². The fourth-order valence-corrected chi connectivity index (χ4v) is 3.13. The van der Waals surface area contributed by atoms with E-state index >= 15 is 0 Å². The molecule has 1 aromatic carbocycles. The number of aromatic nitrogens is 5. The van der Waals surface area contributed by atoms with Crippen LogP contribution in [0.15, 0.2) is 36.4 Å². The predicted molar refractivity (Wildman–Crippen MR) is 78.6 cm³/mol. The smallest absolute Gasteiger partial charge is 0.137 e. The van der Waals surface area contributed by atoms with Gasteiger partial charge in [-0.05, 0) is 6.07 Å². The molecule has 3 aromatic rings. The van der Waals surface area contributed by atoms with Gasteiger partial charge < -0.3 is 5.11 Å². The number of hydrogen-bond acceptors (Lipinski definition) is 6. The van der Waals surface area contributed by atoms with Crippen LogP contribution in [-0.4, -0.2) is 30.1 Å². The molecule has 2 atom stereocenters. The Hall–Kier alpha value is -2.26. The molecule has 0 amide bonds. The Morgan fingerprint density at radius 1 is 1.39 bits per heavy atom. The summed E-state index contributed by atoms with van der Waals surface area (Å²) in [5.74, 6) is -2.12. The number of aliphatic hydroxyl groups is 1. The molecular weight excluding hydrogens is 324 g/mol. The molecule has 2 heterocycles. The van der Waals surface area contributed by atoms with Crippen molar-refractivity contribution >= 4 is 11.3 Å². The molecule has 23 heavy (non-hydrogen) atoms. The molecule has 0 saturated heterocycles. The highest BCUT2D eigenvalue weighted by molar-refractivity contribution is 7.09. The molecule has 2 aromatic heterocycles. The van der Waals surface area contributed by atoms with Crippen LogP contribution >= 0.6 is 11.3 Å². The molecule has 3 rings (SSSR count). The average Bonchev–Trinajstić information content (AvgIpc) is 3.19. The van der Waals surface area contributed by atoms with Crippen molar-refractivity contribution in [2.75, 3.05) is 0 Å². The van der Waals surface area contributed by atoms with Gasteiger partial charge in [-0.2, -0.15) is 5.10 Å². The van der Waals surface area contributed by atoms with Gasteiger partial charge in [-0.3, -0.25) is 0 Å². The molecule has 1 N–H and O–H groups in total. The number of rotatable bonds is 5. The summed E-state index contributed by atoms with van der Waals surface area (Å²) in [6, 6.07) is 3.09. The summed E-state index contributed by atoms with van der Waals surface area (Å²) < 4.78 is 28.9. The zero-order valence-corrected chi connectivity index (χ0v) is 12.9. The first-order chi connectivity index (χ1) is 11.0. The first-order valence-corrected chi connectivity index (χ1v) is 7.65. The fraction of sp³-hybridized carbons (Fsp3) is 0.286. The van der Waals surface area contributed by atoms with E-state index in [-0.39, 0.29) is 12.1 Å². The molecule has 6 nitrogen and oxygen atoms in total. The summed E-state index contributed by atoms with van der Waals surface area (Å²) in [6.07, 6.45) is 2.73. The average molecular weight is 337 g/mol. The van der Waals surface area contributed by atoms with E-state index < -0.39 is 23.2 Å². The minimum Gasteiger partial charge on any atom is -0.382 e. The lowest BCUT2D eigenvalue weighted by atomic mass is 9.82. The van der Waals surface area contributed by atoms with Crippen LogP contribution in [0.4, 0.5) is 8.78 Å². The highest BCUT2D eigenvalue weighted by Crippen LogP contribution is 2.39. The lowest BCUT2D eigenvalue weighted by Gasteiger charge is -2.33. The Balaban J connectivity index is 2.08. The molecular formula is C14H13F2N5OS. The van der Waals surface area contributed by atoms with Gasteiger partial charge in [0.1, 0.15) is 40.4 Å². The van der Waals surface area contributed by atoms with Gasteiger partial charge in [0.25, 0.3) is 0 Å². The minimum atomic E-state index is -1.69. The van der Waals surface area contributed by atoms with Crippen LogP contribution in [0, 0.1) is 11.6 Å². The van der Waals surface area contributed by atoms with Crippen molar-refractivity contribution in [2.45, 2.75) is 25.0 Å². The zero-order chi connectivity index (χ0) is 16.4. The second-order valence-corrected chi connectivity index (χ2v) is 6.00. The van der Waals surface area contributed by atoms with E-state index in [0.29, 0.717) is 5.01 Å². The molecule has 0 aliphatic rings. The first-order valence-electron chi connectivity index (χ1n) is 6.77. The van der Waals surface area contributed by atoms with E-state index in [4.69, 9.17) is 0 Å². The fourth-order valence-electron chi connectivity index (χ4n) is 2.43. The van der Waals surface area contributed by atoms with Crippen LogP contribution in [0.2, 0.25) is 0 Å². The van der Waals surface area contributed by atoms with Gasteiger partial charge in [0.2, 0.25) is 0 Å². The maximum absolute atomic E-state index is 14.3. The number of halogens is 2. The molecule has 0 saturated carbocycles. The molecule has 0 spiro atoms. The molecule has 0 bridgehead atoms. The molecule has 0 aliphatic heterocycles. The van der Waals surface area contributed by atoms with E-state index in [1.807, 2.05) is 0 Å². The lowest BCUT2D eigenvalue weighted by Crippen LogP contribution is -2.38. The predicted octanol–water partition coefficient (Wildman–Crippen LogP) is 2.10. The van der Waals surface area contributed by atoms with Gasteiger partial charge in [0.15, 0.2) is 0 Å². The van der Waals surface area contributed by atoms with Crippen molar-refractivity contribution in [1.82, 2.24) is 25.0 Å². The van der Waals surface area contributed by atoms with Crippen LogP contribution in [0.1, 0.15) is 23.4 Å². The van der Waals surface area contributed by atoms with Crippen molar-refractivity contribution in [3.63, 3.8) is 0 Å². The van der Waals surface area contributed by atoms with Crippen LogP contribution in [0.5, 0.6) is 0 Å². The monoisotopic (exact) mass is 337 g/mol. The Morgan fingerprint density at radius 2 is 2.22 bits per heavy atom. The second kappa shape index (κ2) is 6.09. The van der Waals surface area contributed by atoms with Crippen LogP contribution in [-0.2, 0) is 12.1 Å². The summed E-state index contributed by atoms with van der Waals surface area (Å²) in [5, 5.41) is 23.5. The number of hydrogen-bond donors (Lipinski definition) is 1. The van der Waals surface area contributed by atoms with Crippen molar-refractivity contribution in [2.24, 2.45) is 0 Å². The SMILES string of the molecule is CC(c1nncs1)C(O)(Cn1cncn1)c1ccc(F)cc1F.